The Morgan fingerprint density at radius 1 is 1.44 bits per heavy atom. The molecule has 16 heavy (non-hydrogen) atoms. The molecule has 84 valence electrons. The predicted molar refractivity (Wildman–Crippen MR) is 64.3 cm³/mol. The minimum Gasteiger partial charge on any atom is -0.494 e. The number of ether oxygens (including phenoxy) is 1. The zero-order chi connectivity index (χ0) is 11.5. The highest BCUT2D eigenvalue weighted by molar-refractivity contribution is 5.74. The number of nitrogens with one attached hydrogen (secondary N) is 1. The molecule has 1 aromatic carbocycles. The highest BCUT2D eigenvalue weighted by atomic mass is 16.5. The van der Waals surface area contributed by atoms with Crippen LogP contribution in [0.15, 0.2) is 24.4 Å². The van der Waals surface area contributed by atoms with Gasteiger partial charge in [0.15, 0.2) is 0 Å². The van der Waals surface area contributed by atoms with Crippen molar-refractivity contribution in [3.8, 4) is 17.0 Å². The van der Waals surface area contributed by atoms with Gasteiger partial charge in [-0.1, -0.05) is 0 Å². The molecule has 1 heterocycles. The number of nitrogens with zero attached hydrogens (tertiary/aromatic N) is 1. The minimum absolute atomic E-state index is 0.659. The summed E-state index contributed by atoms with van der Waals surface area (Å²) in [6.45, 7) is 4.67. The molecule has 0 bridgehead atoms. The molecule has 1 aromatic heterocycles. The van der Waals surface area contributed by atoms with E-state index in [4.69, 9.17) is 10.5 Å². The highest BCUT2D eigenvalue weighted by Crippen LogP contribution is 2.28. The summed E-state index contributed by atoms with van der Waals surface area (Å²) in [6, 6.07) is 5.93. The summed E-state index contributed by atoms with van der Waals surface area (Å²) in [5, 5.41) is 6.81. The van der Waals surface area contributed by atoms with Gasteiger partial charge >= 0.3 is 0 Å². The zero-order valence-corrected chi connectivity index (χ0v) is 9.45. The van der Waals surface area contributed by atoms with Crippen LogP contribution in [0.4, 0.5) is 5.69 Å². The van der Waals surface area contributed by atoms with E-state index >= 15 is 0 Å². The third-order valence-corrected chi connectivity index (χ3v) is 2.45. The lowest BCUT2D eigenvalue weighted by Gasteiger charge is -2.08. The average Bonchev–Trinajstić information content (AvgIpc) is 2.65. The van der Waals surface area contributed by atoms with Crippen LogP contribution in [0.2, 0.25) is 0 Å². The van der Waals surface area contributed by atoms with Crippen molar-refractivity contribution in [2.45, 2.75) is 13.8 Å². The fourth-order valence-corrected chi connectivity index (χ4v) is 1.68. The second-order valence-corrected chi connectivity index (χ2v) is 3.61. The quantitative estimate of drug-likeness (QED) is 0.829. The number of anilines is 1. The number of rotatable bonds is 3. The molecule has 0 radical (unpaired) electrons. The van der Waals surface area contributed by atoms with Crippen LogP contribution >= 0.6 is 0 Å². The number of benzene rings is 1. The van der Waals surface area contributed by atoms with E-state index in [1.54, 1.807) is 6.20 Å². The van der Waals surface area contributed by atoms with Crippen LogP contribution < -0.4 is 10.5 Å². The summed E-state index contributed by atoms with van der Waals surface area (Å²) in [4.78, 5) is 0. The summed E-state index contributed by atoms with van der Waals surface area (Å²) in [5.41, 5.74) is 9.50. The maximum Gasteiger partial charge on any atom is 0.119 e. The lowest BCUT2D eigenvalue weighted by molar-refractivity contribution is 0.340. The third-order valence-electron chi connectivity index (χ3n) is 2.45. The Kier molecular flexibility index (Phi) is 2.81. The molecule has 2 aromatic rings. The molecule has 4 nitrogen and oxygen atoms in total. The van der Waals surface area contributed by atoms with E-state index in [0.29, 0.717) is 12.3 Å². The Balaban J connectivity index is 2.40. The molecule has 0 aliphatic carbocycles. The van der Waals surface area contributed by atoms with Gasteiger partial charge in [0, 0.05) is 5.56 Å². The molecule has 0 saturated carbocycles. The van der Waals surface area contributed by atoms with Gasteiger partial charge in [0.1, 0.15) is 5.75 Å². The molecule has 0 unspecified atom stereocenters. The largest absolute Gasteiger partial charge is 0.494 e. The van der Waals surface area contributed by atoms with Crippen molar-refractivity contribution in [3.63, 3.8) is 0 Å². The Morgan fingerprint density at radius 3 is 2.81 bits per heavy atom. The van der Waals surface area contributed by atoms with E-state index in [1.165, 1.54) is 0 Å². The van der Waals surface area contributed by atoms with Crippen molar-refractivity contribution >= 4 is 5.69 Å². The normalized spacial score (nSPS) is 10.4. The molecule has 0 aliphatic rings. The standard InChI is InChI=1S/C12H15N3O/c1-3-16-9-4-5-10(8(2)6-9)12-11(13)7-14-15-12/h4-7H,3,13H2,1-2H3,(H,14,15). The van der Waals surface area contributed by atoms with Crippen molar-refractivity contribution in [1.82, 2.24) is 10.2 Å². The van der Waals surface area contributed by atoms with Crippen molar-refractivity contribution in [1.29, 1.82) is 0 Å². The fourth-order valence-electron chi connectivity index (χ4n) is 1.68. The minimum atomic E-state index is 0.659. The third kappa shape index (κ3) is 1.86. The first-order valence-corrected chi connectivity index (χ1v) is 5.25. The van der Waals surface area contributed by atoms with Crippen LogP contribution in [0.25, 0.3) is 11.3 Å². The van der Waals surface area contributed by atoms with Crippen molar-refractivity contribution in [3.05, 3.63) is 30.0 Å². The first kappa shape index (κ1) is 10.5. The molecular weight excluding hydrogens is 202 g/mol. The smallest absolute Gasteiger partial charge is 0.119 e. The number of aromatic amines is 1. The maximum absolute atomic E-state index is 5.81. The van der Waals surface area contributed by atoms with Crippen LogP contribution in [0.5, 0.6) is 5.75 Å². The molecule has 0 saturated heterocycles. The molecule has 4 heteroatoms. The van der Waals surface area contributed by atoms with E-state index < -0.39 is 0 Å². The highest BCUT2D eigenvalue weighted by Gasteiger charge is 2.08. The molecule has 2 rings (SSSR count). The number of aromatic nitrogens is 2. The number of hydrogen-bond acceptors (Lipinski definition) is 3. The van der Waals surface area contributed by atoms with Gasteiger partial charge in [-0.05, 0) is 37.6 Å². The number of H-pyrrole nitrogens is 1. The monoisotopic (exact) mass is 217 g/mol. The van der Waals surface area contributed by atoms with E-state index in [2.05, 4.69) is 10.2 Å². The van der Waals surface area contributed by atoms with Gasteiger partial charge in [-0.2, -0.15) is 5.10 Å². The summed E-state index contributed by atoms with van der Waals surface area (Å²) >= 11 is 0. The number of aryl methyl sites for hydroxylation is 1. The van der Waals surface area contributed by atoms with E-state index in [1.807, 2.05) is 32.0 Å². The Hall–Kier alpha value is -1.97. The summed E-state index contributed by atoms with van der Waals surface area (Å²) in [7, 11) is 0. The lowest BCUT2D eigenvalue weighted by Crippen LogP contribution is -1.94. The molecule has 0 aliphatic heterocycles. The Labute approximate surface area is 94.4 Å². The first-order chi connectivity index (χ1) is 7.72. The average molecular weight is 217 g/mol. The second-order valence-electron chi connectivity index (χ2n) is 3.61. The molecule has 3 N–H and O–H groups in total. The molecule has 0 atom stereocenters. The molecule has 0 fully saturated rings. The van der Waals surface area contributed by atoms with E-state index in [-0.39, 0.29) is 0 Å². The van der Waals surface area contributed by atoms with Crippen molar-refractivity contribution in [2.75, 3.05) is 12.3 Å². The van der Waals surface area contributed by atoms with Crippen molar-refractivity contribution < 1.29 is 4.74 Å². The topological polar surface area (TPSA) is 63.9 Å². The summed E-state index contributed by atoms with van der Waals surface area (Å²) in [6.07, 6.45) is 1.62. The van der Waals surface area contributed by atoms with Crippen molar-refractivity contribution in [2.24, 2.45) is 0 Å². The van der Waals surface area contributed by atoms with Crippen LogP contribution in [-0.4, -0.2) is 16.8 Å². The van der Waals surface area contributed by atoms with Gasteiger partial charge in [-0.3, -0.25) is 5.10 Å². The van der Waals surface area contributed by atoms with Crippen LogP contribution in [-0.2, 0) is 0 Å². The maximum atomic E-state index is 5.81. The summed E-state index contributed by atoms with van der Waals surface area (Å²) in [5.74, 6) is 0.877. The van der Waals surface area contributed by atoms with E-state index in [9.17, 15) is 0 Å². The first-order valence-electron chi connectivity index (χ1n) is 5.25. The SMILES string of the molecule is CCOc1ccc(-c2[nH]ncc2N)c(C)c1. The van der Waals surface area contributed by atoms with Gasteiger partial charge in [-0.25, -0.2) is 0 Å². The number of nitrogen functional groups attached to an aromatic ring is 1. The predicted octanol–water partition coefficient (Wildman–Crippen LogP) is 2.37. The number of nitrogens with two attached hydrogens (primary N) is 1. The molecule has 0 amide bonds. The van der Waals surface area contributed by atoms with Crippen LogP contribution in [0, 0.1) is 6.92 Å². The second kappa shape index (κ2) is 4.26. The molecule has 0 spiro atoms. The fraction of sp³-hybridized carbons (Fsp3) is 0.250. The zero-order valence-electron chi connectivity index (χ0n) is 9.45. The van der Waals surface area contributed by atoms with Gasteiger partial charge in [0.2, 0.25) is 0 Å². The van der Waals surface area contributed by atoms with Gasteiger partial charge in [-0.15, -0.1) is 0 Å². The number of hydrogen-bond donors (Lipinski definition) is 2. The lowest BCUT2D eigenvalue weighted by atomic mass is 10.0. The van der Waals surface area contributed by atoms with Gasteiger partial charge < -0.3 is 10.5 Å². The Morgan fingerprint density at radius 2 is 2.25 bits per heavy atom. The van der Waals surface area contributed by atoms with Gasteiger partial charge in [0.05, 0.1) is 24.2 Å². The van der Waals surface area contributed by atoms with Crippen LogP contribution in [0.1, 0.15) is 12.5 Å². The van der Waals surface area contributed by atoms with Crippen LogP contribution in [0.3, 0.4) is 0 Å². The van der Waals surface area contributed by atoms with E-state index in [0.717, 1.165) is 22.6 Å². The summed E-state index contributed by atoms with van der Waals surface area (Å²) < 4.78 is 5.43. The van der Waals surface area contributed by atoms with Gasteiger partial charge in [0.25, 0.3) is 0 Å². The molecular formula is C12H15N3O. The Bertz CT molecular complexity index is 491.